The molecule has 0 saturated heterocycles. The third-order valence-electron chi connectivity index (χ3n) is 3.83. The van der Waals surface area contributed by atoms with E-state index in [9.17, 15) is 14.0 Å². The highest BCUT2D eigenvalue weighted by molar-refractivity contribution is 5.80. The van der Waals surface area contributed by atoms with Crippen LogP contribution in [0.15, 0.2) is 23.2 Å². The fourth-order valence-electron chi connectivity index (χ4n) is 2.60. The minimum atomic E-state index is -0.632. The van der Waals surface area contributed by atoms with Crippen LogP contribution < -0.4 is 5.32 Å². The Labute approximate surface area is 152 Å². The lowest BCUT2D eigenvalue weighted by molar-refractivity contribution is -0.105. The molecule has 1 heterocycles. The summed E-state index contributed by atoms with van der Waals surface area (Å²) in [7, 11) is 0. The van der Waals surface area contributed by atoms with E-state index in [2.05, 4.69) is 10.3 Å². The predicted molar refractivity (Wildman–Crippen MR) is 99.7 cm³/mol. The normalized spacial score (nSPS) is 15.0. The molecule has 26 heavy (non-hydrogen) atoms. The number of nitrogens with one attached hydrogen (secondary N) is 1. The van der Waals surface area contributed by atoms with Gasteiger partial charge in [-0.25, -0.2) is 9.18 Å². The summed E-state index contributed by atoms with van der Waals surface area (Å²) in [5.41, 5.74) is 2.10. The first kappa shape index (κ1) is 19.6. The molecule has 1 aliphatic heterocycles. The van der Waals surface area contributed by atoms with Crippen LogP contribution in [0, 0.1) is 12.7 Å². The zero-order valence-corrected chi connectivity index (χ0v) is 15.5. The molecule has 1 N–H and O–H groups in total. The van der Waals surface area contributed by atoms with Gasteiger partial charge < -0.3 is 15.0 Å². The number of rotatable bonds is 4. The van der Waals surface area contributed by atoms with Crippen LogP contribution in [0.4, 0.5) is 14.9 Å². The number of hydrogen-bond acceptors (Lipinski definition) is 3. The van der Waals surface area contributed by atoms with E-state index in [1.807, 2.05) is 17.9 Å². The number of ether oxygens (including phenoxy) is 1. The number of aliphatic imine (C=N–C) groups is 1. The quantitative estimate of drug-likeness (QED) is 0.504. The summed E-state index contributed by atoms with van der Waals surface area (Å²) < 4.78 is 19.5. The monoisotopic (exact) mass is 361 g/mol. The maximum atomic E-state index is 14.3. The first-order valence-corrected chi connectivity index (χ1v) is 8.40. The molecular formula is C19H24FN3O3. The van der Waals surface area contributed by atoms with E-state index in [0.29, 0.717) is 37.2 Å². The minimum absolute atomic E-state index is 0.373. The van der Waals surface area contributed by atoms with Crippen molar-refractivity contribution in [1.29, 1.82) is 0 Å². The number of aryl methyl sites for hydroxylation is 1. The Kier molecular flexibility index (Phi) is 6.13. The summed E-state index contributed by atoms with van der Waals surface area (Å²) >= 11 is 0. The first-order valence-electron chi connectivity index (χ1n) is 8.40. The van der Waals surface area contributed by atoms with Gasteiger partial charge in [0.15, 0.2) is 0 Å². The summed E-state index contributed by atoms with van der Waals surface area (Å²) in [4.78, 5) is 27.8. The van der Waals surface area contributed by atoms with Gasteiger partial charge in [0.2, 0.25) is 6.41 Å². The molecule has 7 heteroatoms. The fourth-order valence-corrected chi connectivity index (χ4v) is 2.60. The third kappa shape index (κ3) is 5.40. The van der Waals surface area contributed by atoms with Crippen molar-refractivity contribution < 1.29 is 18.7 Å². The lowest BCUT2D eigenvalue weighted by Crippen LogP contribution is -2.28. The van der Waals surface area contributed by atoms with Crippen LogP contribution in [0.25, 0.3) is 5.57 Å². The summed E-state index contributed by atoms with van der Waals surface area (Å²) in [6.07, 6.45) is 3.89. The summed E-state index contributed by atoms with van der Waals surface area (Å²) in [6, 6.07) is 3.06. The van der Waals surface area contributed by atoms with E-state index in [1.54, 1.807) is 26.8 Å². The molecule has 1 aliphatic rings. The number of carbonyl (C=O) groups is 2. The third-order valence-corrected chi connectivity index (χ3v) is 3.83. The van der Waals surface area contributed by atoms with Gasteiger partial charge in [-0.15, -0.1) is 0 Å². The Morgan fingerprint density at radius 1 is 1.38 bits per heavy atom. The smallest absolute Gasteiger partial charge is 0.435 e. The van der Waals surface area contributed by atoms with Gasteiger partial charge in [-0.05, 0) is 57.4 Å². The topological polar surface area (TPSA) is 71.0 Å². The highest BCUT2D eigenvalue weighted by Crippen LogP contribution is 2.28. The number of carbonyl (C=O) groups excluding carboxylic acids is 2. The van der Waals surface area contributed by atoms with Crippen molar-refractivity contribution >= 4 is 30.1 Å². The number of anilines is 1. The van der Waals surface area contributed by atoms with Crippen LogP contribution in [0.5, 0.6) is 0 Å². The zero-order valence-electron chi connectivity index (χ0n) is 15.5. The van der Waals surface area contributed by atoms with Crippen molar-refractivity contribution in [2.75, 3.05) is 18.4 Å². The van der Waals surface area contributed by atoms with Crippen LogP contribution >= 0.6 is 0 Å². The Hall–Kier alpha value is -2.70. The number of halogens is 1. The molecule has 2 amide bonds. The van der Waals surface area contributed by atoms with Crippen molar-refractivity contribution in [3.8, 4) is 0 Å². The van der Waals surface area contributed by atoms with Gasteiger partial charge in [0, 0.05) is 24.3 Å². The molecule has 0 aromatic heterocycles. The molecule has 0 spiro atoms. The van der Waals surface area contributed by atoms with Crippen LogP contribution in [0.3, 0.4) is 0 Å². The van der Waals surface area contributed by atoms with E-state index < -0.39 is 11.7 Å². The lowest BCUT2D eigenvalue weighted by Gasteiger charge is -2.25. The number of hydrogen-bond donors (Lipinski definition) is 1. The molecule has 140 valence electrons. The Morgan fingerprint density at radius 3 is 2.69 bits per heavy atom. The van der Waals surface area contributed by atoms with Crippen molar-refractivity contribution in [3.63, 3.8) is 0 Å². The van der Waals surface area contributed by atoms with Crippen LogP contribution in [0.1, 0.15) is 38.3 Å². The van der Waals surface area contributed by atoms with Crippen LogP contribution in [-0.4, -0.2) is 42.4 Å². The van der Waals surface area contributed by atoms with Gasteiger partial charge in [-0.2, -0.15) is 4.99 Å². The standard InChI is InChI=1S/C19H24FN3O3/c1-13-9-15(16(20)10-17(13)22-12-24)14-5-7-23(8-6-14)11-21-18(25)26-19(2,3)4/h5,9-12H,6-8H2,1-4H3,(H,22,24)/b21-11+. The Bertz CT molecular complexity index is 751. The van der Waals surface area contributed by atoms with E-state index >= 15 is 0 Å². The van der Waals surface area contributed by atoms with E-state index in [4.69, 9.17) is 4.74 Å². The minimum Gasteiger partial charge on any atom is -0.442 e. The Morgan fingerprint density at radius 2 is 2.12 bits per heavy atom. The second-order valence-electron chi connectivity index (χ2n) is 7.11. The summed E-state index contributed by atoms with van der Waals surface area (Å²) in [5, 5.41) is 2.49. The number of amides is 2. The SMILES string of the molecule is Cc1cc(C2=CCN(/C=N/C(=O)OC(C)(C)C)CC2)c(F)cc1NC=O. The largest absolute Gasteiger partial charge is 0.442 e. The maximum Gasteiger partial charge on any atom is 0.435 e. The highest BCUT2D eigenvalue weighted by Gasteiger charge is 2.17. The molecule has 0 bridgehead atoms. The molecule has 0 fully saturated rings. The molecule has 6 nitrogen and oxygen atoms in total. The average Bonchev–Trinajstić information content (AvgIpc) is 2.55. The van der Waals surface area contributed by atoms with Gasteiger partial charge in [-0.3, -0.25) is 4.79 Å². The zero-order chi connectivity index (χ0) is 19.3. The first-order chi connectivity index (χ1) is 12.2. The second kappa shape index (κ2) is 8.12. The van der Waals surface area contributed by atoms with E-state index in [0.717, 1.165) is 11.1 Å². The number of benzene rings is 1. The second-order valence-corrected chi connectivity index (χ2v) is 7.11. The van der Waals surface area contributed by atoms with Crippen molar-refractivity contribution in [1.82, 2.24) is 4.90 Å². The molecule has 0 atom stereocenters. The lowest BCUT2D eigenvalue weighted by atomic mass is 9.97. The van der Waals surface area contributed by atoms with Crippen molar-refractivity contribution in [2.24, 2.45) is 4.99 Å². The summed E-state index contributed by atoms with van der Waals surface area (Å²) in [6.45, 7) is 8.30. The molecule has 0 aliphatic carbocycles. The Balaban J connectivity index is 2.05. The highest BCUT2D eigenvalue weighted by atomic mass is 19.1. The molecule has 1 aromatic carbocycles. The maximum absolute atomic E-state index is 14.3. The van der Waals surface area contributed by atoms with Gasteiger partial charge >= 0.3 is 6.09 Å². The van der Waals surface area contributed by atoms with Crippen LogP contribution in [0.2, 0.25) is 0 Å². The summed E-state index contributed by atoms with van der Waals surface area (Å²) in [5.74, 6) is -0.373. The predicted octanol–water partition coefficient (Wildman–Crippen LogP) is 3.75. The van der Waals surface area contributed by atoms with E-state index in [-0.39, 0.29) is 5.82 Å². The fraction of sp³-hybridized carbons (Fsp3) is 0.421. The van der Waals surface area contributed by atoms with Crippen molar-refractivity contribution in [3.05, 3.63) is 35.2 Å². The molecule has 0 radical (unpaired) electrons. The van der Waals surface area contributed by atoms with Gasteiger partial charge in [0.1, 0.15) is 11.4 Å². The van der Waals surface area contributed by atoms with Gasteiger partial charge in [0.05, 0.1) is 6.34 Å². The van der Waals surface area contributed by atoms with Crippen LogP contribution in [-0.2, 0) is 9.53 Å². The average molecular weight is 361 g/mol. The van der Waals surface area contributed by atoms with E-state index in [1.165, 1.54) is 12.4 Å². The molecule has 2 rings (SSSR count). The molecular weight excluding hydrogens is 337 g/mol. The van der Waals surface area contributed by atoms with Gasteiger partial charge in [-0.1, -0.05) is 6.08 Å². The number of nitrogens with zero attached hydrogens (tertiary/aromatic N) is 2. The molecule has 1 aromatic rings. The van der Waals surface area contributed by atoms with Crippen molar-refractivity contribution in [2.45, 2.75) is 39.7 Å². The van der Waals surface area contributed by atoms with Gasteiger partial charge in [0.25, 0.3) is 0 Å². The molecule has 0 saturated carbocycles. The molecule has 0 unspecified atom stereocenters.